The van der Waals surface area contributed by atoms with Gasteiger partial charge in [0.1, 0.15) is 0 Å². The van der Waals surface area contributed by atoms with E-state index in [4.69, 9.17) is 0 Å². The van der Waals surface area contributed by atoms with Crippen LogP contribution >= 0.6 is 0 Å². The first-order chi connectivity index (χ1) is 9.29. The van der Waals surface area contributed by atoms with Crippen molar-refractivity contribution in [3.05, 3.63) is 35.4 Å². The van der Waals surface area contributed by atoms with Crippen LogP contribution in [-0.4, -0.2) is 30.4 Å². The van der Waals surface area contributed by atoms with E-state index in [1.54, 1.807) is 6.92 Å². The minimum absolute atomic E-state index is 0.175. The van der Waals surface area contributed by atoms with E-state index in [0.717, 1.165) is 32.5 Å². The van der Waals surface area contributed by atoms with E-state index in [9.17, 15) is 4.79 Å². The summed E-state index contributed by atoms with van der Waals surface area (Å²) >= 11 is 0. The van der Waals surface area contributed by atoms with Crippen LogP contribution in [0.25, 0.3) is 0 Å². The molecule has 3 nitrogen and oxygen atoms in total. The van der Waals surface area contributed by atoms with Gasteiger partial charge in [0.05, 0.1) is 0 Å². The summed E-state index contributed by atoms with van der Waals surface area (Å²) in [4.78, 5) is 13.6. The highest BCUT2D eigenvalue weighted by atomic mass is 16.1. The van der Waals surface area contributed by atoms with Crippen LogP contribution < -0.4 is 5.32 Å². The van der Waals surface area contributed by atoms with E-state index < -0.39 is 0 Å². The Hall–Kier alpha value is -1.79. The molecule has 1 N–H and O–H groups in total. The maximum absolute atomic E-state index is 11.2. The lowest BCUT2D eigenvalue weighted by atomic mass is 10.00. The molecular weight excluding hydrogens is 236 g/mol. The summed E-state index contributed by atoms with van der Waals surface area (Å²) in [5.41, 5.74) is 2.92. The lowest BCUT2D eigenvalue weighted by Gasteiger charge is -2.28. The van der Waals surface area contributed by atoms with Crippen LogP contribution in [0.3, 0.4) is 0 Å². The monoisotopic (exact) mass is 256 g/mol. The lowest BCUT2D eigenvalue weighted by molar-refractivity contribution is -0.115. The highest BCUT2D eigenvalue weighted by Gasteiger charge is 2.14. The number of amides is 1. The van der Waals surface area contributed by atoms with Gasteiger partial charge in [-0.15, -0.1) is 0 Å². The Morgan fingerprint density at radius 1 is 1.37 bits per heavy atom. The Morgan fingerprint density at radius 2 is 2.16 bits per heavy atom. The Labute approximate surface area is 115 Å². The highest BCUT2D eigenvalue weighted by Crippen LogP contribution is 2.18. The van der Waals surface area contributed by atoms with Gasteiger partial charge in [-0.05, 0) is 36.8 Å². The van der Waals surface area contributed by atoms with Gasteiger partial charge < -0.3 is 5.32 Å². The second kappa shape index (κ2) is 6.96. The third-order valence-corrected chi connectivity index (χ3v) is 3.38. The van der Waals surface area contributed by atoms with Crippen molar-refractivity contribution in [2.45, 2.75) is 26.3 Å². The molecule has 1 aromatic rings. The van der Waals surface area contributed by atoms with Crippen molar-refractivity contribution in [1.29, 1.82) is 0 Å². The summed E-state index contributed by atoms with van der Waals surface area (Å²) in [5.74, 6) is 4.91. The zero-order chi connectivity index (χ0) is 13.5. The molecule has 19 heavy (non-hydrogen) atoms. The molecule has 0 unspecified atom stereocenters. The van der Waals surface area contributed by atoms with Gasteiger partial charge in [-0.3, -0.25) is 9.69 Å². The van der Waals surface area contributed by atoms with Crippen LogP contribution in [0.2, 0.25) is 0 Å². The number of carbonyl (C=O) groups is 1. The number of hydrogen-bond acceptors (Lipinski definition) is 2. The average molecular weight is 256 g/mol. The van der Waals surface area contributed by atoms with Gasteiger partial charge in [0.15, 0.2) is 0 Å². The van der Waals surface area contributed by atoms with Gasteiger partial charge in [0, 0.05) is 26.2 Å². The van der Waals surface area contributed by atoms with Crippen molar-refractivity contribution >= 4 is 5.91 Å². The van der Waals surface area contributed by atoms with Crippen LogP contribution in [0.4, 0.5) is 0 Å². The molecule has 0 aromatic heterocycles. The number of rotatable bonds is 4. The molecule has 0 aliphatic carbocycles. The Morgan fingerprint density at radius 3 is 2.95 bits per heavy atom. The van der Waals surface area contributed by atoms with Crippen molar-refractivity contribution in [2.75, 3.05) is 19.6 Å². The fourth-order valence-corrected chi connectivity index (χ4v) is 2.41. The van der Waals surface area contributed by atoms with Crippen LogP contribution in [0, 0.1) is 11.8 Å². The predicted octanol–water partition coefficient (Wildman–Crippen LogP) is 1.57. The largest absolute Gasteiger partial charge is 0.345 e. The van der Waals surface area contributed by atoms with E-state index in [2.05, 4.69) is 46.3 Å². The molecule has 1 aliphatic heterocycles. The summed E-state index contributed by atoms with van der Waals surface area (Å²) < 4.78 is 0. The quantitative estimate of drug-likeness (QED) is 0.655. The predicted molar refractivity (Wildman–Crippen MR) is 76.5 cm³/mol. The molecule has 3 heteroatoms. The zero-order valence-electron chi connectivity index (χ0n) is 11.4. The minimum Gasteiger partial charge on any atom is -0.345 e. The maximum Gasteiger partial charge on any atom is 0.295 e. The molecule has 1 aromatic carbocycles. The van der Waals surface area contributed by atoms with Gasteiger partial charge in [-0.1, -0.05) is 30.2 Å². The third kappa shape index (κ3) is 4.11. The fourth-order valence-electron chi connectivity index (χ4n) is 2.41. The summed E-state index contributed by atoms with van der Waals surface area (Å²) in [5, 5.41) is 2.80. The van der Waals surface area contributed by atoms with Gasteiger partial charge in [0.25, 0.3) is 5.91 Å². The van der Waals surface area contributed by atoms with Gasteiger partial charge in [-0.2, -0.15) is 0 Å². The number of hydrogen-bond donors (Lipinski definition) is 1. The lowest BCUT2D eigenvalue weighted by Crippen LogP contribution is -2.33. The fraction of sp³-hybridized carbons (Fsp3) is 0.438. The second-order valence-electron chi connectivity index (χ2n) is 4.78. The van der Waals surface area contributed by atoms with Gasteiger partial charge in [0.2, 0.25) is 0 Å². The van der Waals surface area contributed by atoms with E-state index in [1.807, 2.05) is 0 Å². The van der Waals surface area contributed by atoms with Crippen molar-refractivity contribution in [3.63, 3.8) is 0 Å². The molecule has 1 heterocycles. The summed E-state index contributed by atoms with van der Waals surface area (Å²) in [6.07, 6.45) is 2.10. The average Bonchev–Trinajstić information content (AvgIpc) is 2.44. The SMILES string of the molecule is CC#CC(=O)NCCCN1CCc2ccccc2C1. The molecule has 0 fully saturated rings. The summed E-state index contributed by atoms with van der Waals surface area (Å²) in [6, 6.07) is 8.64. The molecular formula is C16H20N2O. The molecule has 0 saturated carbocycles. The molecule has 0 saturated heterocycles. The van der Waals surface area contributed by atoms with Crippen LogP contribution in [0.15, 0.2) is 24.3 Å². The van der Waals surface area contributed by atoms with Crippen LogP contribution in [-0.2, 0) is 17.8 Å². The van der Waals surface area contributed by atoms with E-state index in [-0.39, 0.29) is 5.91 Å². The number of benzene rings is 1. The Bertz CT molecular complexity index is 499. The molecule has 0 radical (unpaired) electrons. The minimum atomic E-state index is -0.175. The number of nitrogens with zero attached hydrogens (tertiary/aromatic N) is 1. The molecule has 100 valence electrons. The van der Waals surface area contributed by atoms with Crippen molar-refractivity contribution < 1.29 is 4.79 Å². The second-order valence-corrected chi connectivity index (χ2v) is 4.78. The molecule has 0 bridgehead atoms. The van der Waals surface area contributed by atoms with E-state index >= 15 is 0 Å². The van der Waals surface area contributed by atoms with Crippen molar-refractivity contribution in [1.82, 2.24) is 10.2 Å². The molecule has 0 spiro atoms. The number of nitrogens with one attached hydrogen (secondary N) is 1. The third-order valence-electron chi connectivity index (χ3n) is 3.38. The van der Waals surface area contributed by atoms with Crippen LogP contribution in [0.5, 0.6) is 0 Å². The zero-order valence-corrected chi connectivity index (χ0v) is 11.4. The van der Waals surface area contributed by atoms with E-state index in [1.165, 1.54) is 11.1 Å². The van der Waals surface area contributed by atoms with Gasteiger partial charge >= 0.3 is 0 Å². The molecule has 1 amide bonds. The highest BCUT2D eigenvalue weighted by molar-refractivity contribution is 5.93. The number of carbonyl (C=O) groups excluding carboxylic acids is 1. The van der Waals surface area contributed by atoms with Crippen molar-refractivity contribution in [3.8, 4) is 11.8 Å². The Kier molecular flexibility index (Phi) is 5.00. The summed E-state index contributed by atoms with van der Waals surface area (Å²) in [7, 11) is 0. The van der Waals surface area contributed by atoms with E-state index in [0.29, 0.717) is 6.54 Å². The number of fused-ring (bicyclic) bond motifs is 1. The van der Waals surface area contributed by atoms with Crippen molar-refractivity contribution in [2.24, 2.45) is 0 Å². The van der Waals surface area contributed by atoms with Gasteiger partial charge in [-0.25, -0.2) is 0 Å². The first-order valence-electron chi connectivity index (χ1n) is 6.79. The summed E-state index contributed by atoms with van der Waals surface area (Å²) in [6.45, 7) is 5.53. The Balaban J connectivity index is 1.71. The van der Waals surface area contributed by atoms with Crippen LogP contribution in [0.1, 0.15) is 24.5 Å². The molecule has 1 aliphatic rings. The topological polar surface area (TPSA) is 32.3 Å². The standard InChI is InChI=1S/C16H20N2O/c1-2-6-16(19)17-10-5-11-18-12-9-14-7-3-4-8-15(14)13-18/h3-4,7-8H,5,9-13H2,1H3,(H,17,19). The normalized spacial score (nSPS) is 14.2. The first-order valence-corrected chi connectivity index (χ1v) is 6.79. The molecule has 2 rings (SSSR count). The smallest absolute Gasteiger partial charge is 0.295 e. The maximum atomic E-state index is 11.2. The first kappa shape index (κ1) is 13.6. The molecule has 0 atom stereocenters.